The maximum atomic E-state index is 13.3. The van der Waals surface area contributed by atoms with Crippen molar-refractivity contribution in [2.24, 2.45) is 0 Å². The minimum Gasteiger partial charge on any atom is -0.481 e. The van der Waals surface area contributed by atoms with E-state index in [4.69, 9.17) is 5.11 Å². The Balaban J connectivity index is 2.01. The molecule has 0 bridgehead atoms. The summed E-state index contributed by atoms with van der Waals surface area (Å²) in [5.74, 6) is 0.146. The quantitative estimate of drug-likeness (QED) is 0.904. The zero-order valence-electron chi connectivity index (χ0n) is 12.5. The zero-order valence-corrected chi connectivity index (χ0v) is 13.3. The highest BCUT2D eigenvalue weighted by Gasteiger charge is 2.29. The topological polar surface area (TPSA) is 57.6 Å². The van der Waals surface area contributed by atoms with Gasteiger partial charge >= 0.3 is 5.97 Å². The summed E-state index contributed by atoms with van der Waals surface area (Å²) >= 11 is 1.68. The van der Waals surface area contributed by atoms with Crippen LogP contribution in [-0.4, -0.2) is 46.0 Å². The number of carboxylic acids is 1. The van der Waals surface area contributed by atoms with Crippen LogP contribution >= 0.6 is 11.8 Å². The highest BCUT2D eigenvalue weighted by atomic mass is 32.2. The summed E-state index contributed by atoms with van der Waals surface area (Å²) in [6.45, 7) is 2.47. The van der Waals surface area contributed by atoms with Gasteiger partial charge in [-0.25, -0.2) is 4.39 Å². The molecule has 1 N–H and O–H groups in total. The van der Waals surface area contributed by atoms with E-state index in [9.17, 15) is 14.0 Å². The van der Waals surface area contributed by atoms with E-state index in [0.29, 0.717) is 12.3 Å². The largest absolute Gasteiger partial charge is 0.481 e. The summed E-state index contributed by atoms with van der Waals surface area (Å²) < 4.78 is 13.3. The number of hydrogen-bond donors (Lipinski definition) is 1. The molecular formula is C16H20FNO3S. The van der Waals surface area contributed by atoms with Gasteiger partial charge in [0.1, 0.15) is 5.82 Å². The average Bonchev–Trinajstić information content (AvgIpc) is 2.47. The summed E-state index contributed by atoms with van der Waals surface area (Å²) in [6.07, 6.45) is 0.247. The fourth-order valence-corrected chi connectivity index (χ4v) is 3.73. The molecule has 0 radical (unpaired) electrons. The third-order valence-corrected chi connectivity index (χ3v) is 4.95. The third-order valence-electron chi connectivity index (χ3n) is 3.86. The van der Waals surface area contributed by atoms with Crippen LogP contribution in [0.1, 0.15) is 31.2 Å². The second-order valence-electron chi connectivity index (χ2n) is 5.57. The Bertz CT molecular complexity index is 552. The van der Waals surface area contributed by atoms with Crippen LogP contribution in [0.4, 0.5) is 4.39 Å². The van der Waals surface area contributed by atoms with Crippen LogP contribution in [0.25, 0.3) is 0 Å². The van der Waals surface area contributed by atoms with Crippen LogP contribution in [-0.2, 0) is 9.59 Å². The van der Waals surface area contributed by atoms with E-state index in [0.717, 1.165) is 11.3 Å². The van der Waals surface area contributed by atoms with Crippen molar-refractivity contribution in [1.82, 2.24) is 4.90 Å². The lowest BCUT2D eigenvalue weighted by Gasteiger charge is -2.35. The van der Waals surface area contributed by atoms with Gasteiger partial charge in [-0.1, -0.05) is 19.1 Å². The molecule has 0 aromatic heterocycles. The number of halogens is 1. The maximum Gasteiger partial charge on any atom is 0.305 e. The van der Waals surface area contributed by atoms with Crippen molar-refractivity contribution in [3.05, 3.63) is 35.6 Å². The standard InChI is InChI=1S/C16H20FNO3S/c1-11(12-3-2-4-13(17)8-12)7-15(19)18-5-6-22-10-14(18)9-16(20)21/h2-4,8,11,14H,5-7,9-10H2,1H3,(H,20,21). The Labute approximate surface area is 133 Å². The first-order chi connectivity index (χ1) is 10.5. The SMILES string of the molecule is CC(CC(=O)N1CCSCC1CC(=O)O)c1cccc(F)c1. The number of thioether (sulfide) groups is 1. The number of carbonyl (C=O) groups excluding carboxylic acids is 1. The summed E-state index contributed by atoms with van der Waals surface area (Å²) in [7, 11) is 0. The first-order valence-corrected chi connectivity index (χ1v) is 8.47. The monoisotopic (exact) mass is 325 g/mol. The molecule has 1 aliphatic rings. The molecule has 2 unspecified atom stereocenters. The molecule has 0 aliphatic carbocycles. The molecule has 1 aromatic carbocycles. The fourth-order valence-electron chi connectivity index (χ4n) is 2.66. The van der Waals surface area contributed by atoms with E-state index in [-0.39, 0.29) is 36.5 Å². The van der Waals surface area contributed by atoms with Gasteiger partial charge < -0.3 is 10.0 Å². The molecule has 6 heteroatoms. The normalized spacial score (nSPS) is 19.7. The zero-order chi connectivity index (χ0) is 16.1. The number of amides is 1. The molecular weight excluding hydrogens is 305 g/mol. The van der Waals surface area contributed by atoms with Gasteiger partial charge in [0.25, 0.3) is 0 Å². The first kappa shape index (κ1) is 16.8. The Morgan fingerprint density at radius 3 is 2.95 bits per heavy atom. The molecule has 1 aliphatic heterocycles. The molecule has 22 heavy (non-hydrogen) atoms. The van der Waals surface area contributed by atoms with E-state index in [1.807, 2.05) is 13.0 Å². The number of carboxylic acid groups (broad SMARTS) is 1. The summed E-state index contributed by atoms with van der Waals surface area (Å²) in [4.78, 5) is 25.1. The van der Waals surface area contributed by atoms with Crippen molar-refractivity contribution in [2.45, 2.75) is 31.7 Å². The van der Waals surface area contributed by atoms with Gasteiger partial charge in [-0.2, -0.15) is 11.8 Å². The molecule has 1 amide bonds. The van der Waals surface area contributed by atoms with Gasteiger partial charge in [-0.05, 0) is 23.6 Å². The van der Waals surface area contributed by atoms with E-state index in [1.165, 1.54) is 12.1 Å². The van der Waals surface area contributed by atoms with Gasteiger partial charge in [0.2, 0.25) is 5.91 Å². The van der Waals surface area contributed by atoms with Crippen molar-refractivity contribution in [2.75, 3.05) is 18.1 Å². The lowest BCUT2D eigenvalue weighted by molar-refractivity contribution is -0.140. The second-order valence-corrected chi connectivity index (χ2v) is 6.72. The summed E-state index contributed by atoms with van der Waals surface area (Å²) in [6, 6.07) is 6.02. The van der Waals surface area contributed by atoms with Crippen molar-refractivity contribution < 1.29 is 19.1 Å². The number of nitrogens with zero attached hydrogens (tertiary/aromatic N) is 1. The van der Waals surface area contributed by atoms with Gasteiger partial charge in [-0.3, -0.25) is 9.59 Å². The van der Waals surface area contributed by atoms with Gasteiger partial charge in [0, 0.05) is 24.5 Å². The Hall–Kier alpha value is -1.56. The molecule has 1 heterocycles. The fraction of sp³-hybridized carbons (Fsp3) is 0.500. The Kier molecular flexibility index (Phi) is 5.83. The second kappa shape index (κ2) is 7.63. The van der Waals surface area contributed by atoms with Crippen molar-refractivity contribution in [3.8, 4) is 0 Å². The van der Waals surface area contributed by atoms with Crippen LogP contribution in [0.15, 0.2) is 24.3 Å². The van der Waals surface area contributed by atoms with Crippen LogP contribution in [0, 0.1) is 5.82 Å². The first-order valence-electron chi connectivity index (χ1n) is 7.32. The van der Waals surface area contributed by atoms with Gasteiger partial charge in [0.15, 0.2) is 0 Å². The van der Waals surface area contributed by atoms with E-state index in [2.05, 4.69) is 0 Å². The molecule has 4 nitrogen and oxygen atoms in total. The maximum absolute atomic E-state index is 13.3. The highest BCUT2D eigenvalue weighted by molar-refractivity contribution is 7.99. The molecule has 0 saturated carbocycles. The number of benzene rings is 1. The molecule has 1 saturated heterocycles. The predicted octanol–water partition coefficient (Wildman–Crippen LogP) is 2.74. The van der Waals surface area contributed by atoms with E-state index in [1.54, 1.807) is 22.7 Å². The Morgan fingerprint density at radius 1 is 1.50 bits per heavy atom. The van der Waals surface area contributed by atoms with E-state index < -0.39 is 5.97 Å². The lowest BCUT2D eigenvalue weighted by Crippen LogP contribution is -2.47. The third kappa shape index (κ3) is 4.47. The van der Waals surface area contributed by atoms with Gasteiger partial charge in [-0.15, -0.1) is 0 Å². The van der Waals surface area contributed by atoms with Gasteiger partial charge in [0.05, 0.1) is 12.5 Å². The van der Waals surface area contributed by atoms with Crippen LogP contribution in [0.3, 0.4) is 0 Å². The average molecular weight is 325 g/mol. The summed E-state index contributed by atoms with van der Waals surface area (Å²) in [5.41, 5.74) is 0.787. The predicted molar refractivity (Wildman–Crippen MR) is 84.5 cm³/mol. The number of aliphatic carboxylic acids is 1. The summed E-state index contributed by atoms with van der Waals surface area (Å²) in [5, 5.41) is 8.97. The van der Waals surface area contributed by atoms with Crippen molar-refractivity contribution in [1.29, 1.82) is 0 Å². The molecule has 120 valence electrons. The highest BCUT2D eigenvalue weighted by Crippen LogP contribution is 2.25. The molecule has 1 aromatic rings. The Morgan fingerprint density at radius 2 is 2.27 bits per heavy atom. The van der Waals surface area contributed by atoms with Crippen molar-refractivity contribution in [3.63, 3.8) is 0 Å². The number of carbonyl (C=O) groups is 2. The van der Waals surface area contributed by atoms with E-state index >= 15 is 0 Å². The van der Waals surface area contributed by atoms with Crippen molar-refractivity contribution >= 4 is 23.6 Å². The molecule has 0 spiro atoms. The molecule has 1 fully saturated rings. The molecule has 2 atom stereocenters. The van der Waals surface area contributed by atoms with Crippen LogP contribution < -0.4 is 0 Å². The minimum absolute atomic E-state index is 0.0207. The number of hydrogen-bond acceptors (Lipinski definition) is 3. The smallest absolute Gasteiger partial charge is 0.305 e. The van der Waals surface area contributed by atoms with Crippen LogP contribution in [0.2, 0.25) is 0 Å². The lowest BCUT2D eigenvalue weighted by atomic mass is 9.96. The number of rotatable bonds is 5. The van der Waals surface area contributed by atoms with Crippen LogP contribution in [0.5, 0.6) is 0 Å². The minimum atomic E-state index is -0.886. The molecule has 2 rings (SSSR count).